The molecule has 0 fully saturated rings. The lowest BCUT2D eigenvalue weighted by Gasteiger charge is -2.17. The Morgan fingerprint density at radius 3 is 2.17 bits per heavy atom. The van der Waals surface area contributed by atoms with Crippen molar-refractivity contribution in [1.29, 1.82) is 0 Å². The highest BCUT2D eigenvalue weighted by Crippen LogP contribution is 2.39. The van der Waals surface area contributed by atoms with Crippen molar-refractivity contribution in [2.45, 2.75) is 11.1 Å². The van der Waals surface area contributed by atoms with Crippen LogP contribution in [-0.4, -0.2) is 19.5 Å². The zero-order chi connectivity index (χ0) is 24.6. The Hall–Kier alpha value is -3.98. The van der Waals surface area contributed by atoms with E-state index in [1.165, 1.54) is 35.2 Å². The van der Waals surface area contributed by atoms with Crippen LogP contribution >= 0.6 is 12.6 Å². The molecule has 0 atom stereocenters. The molecule has 35 heavy (non-hydrogen) atoms. The summed E-state index contributed by atoms with van der Waals surface area (Å²) in [4.78, 5) is 12.8. The van der Waals surface area contributed by atoms with Gasteiger partial charge in [-0.25, -0.2) is 19.3 Å². The number of thiol groups is 1. The second kappa shape index (κ2) is 8.99. The molecule has 5 aromatic rings. The van der Waals surface area contributed by atoms with Crippen LogP contribution in [0, 0.1) is 5.82 Å². The molecule has 0 aliphatic rings. The molecule has 4 nitrogen and oxygen atoms in total. The molecule has 174 valence electrons. The Bertz CT molecular complexity index is 1500. The van der Waals surface area contributed by atoms with Gasteiger partial charge in [0.25, 0.3) is 0 Å². The minimum atomic E-state index is -4.81. The summed E-state index contributed by atoms with van der Waals surface area (Å²) < 4.78 is 56.7. The van der Waals surface area contributed by atoms with E-state index >= 15 is 0 Å². The number of alkyl halides is 3. The lowest BCUT2D eigenvalue weighted by atomic mass is 9.99. The van der Waals surface area contributed by atoms with Gasteiger partial charge in [-0.05, 0) is 42.0 Å². The van der Waals surface area contributed by atoms with Crippen molar-refractivity contribution in [1.82, 2.24) is 19.5 Å². The van der Waals surface area contributed by atoms with Gasteiger partial charge in [0, 0.05) is 22.2 Å². The Balaban J connectivity index is 1.82. The summed E-state index contributed by atoms with van der Waals surface area (Å²) >= 11 is 4.39. The lowest BCUT2D eigenvalue weighted by Crippen LogP contribution is -2.15. The molecule has 0 N–H and O–H groups in total. The number of rotatable bonds is 4. The molecule has 0 unspecified atom stereocenters. The van der Waals surface area contributed by atoms with Crippen LogP contribution in [0.2, 0.25) is 0 Å². The highest BCUT2D eigenvalue weighted by molar-refractivity contribution is 7.80. The predicted octanol–water partition coefficient (Wildman–Crippen LogP) is 7.11. The number of aromatic nitrogens is 4. The van der Waals surface area contributed by atoms with Gasteiger partial charge in [0.1, 0.15) is 12.1 Å². The van der Waals surface area contributed by atoms with Crippen LogP contribution in [0.4, 0.5) is 17.6 Å². The molecule has 0 spiro atoms. The van der Waals surface area contributed by atoms with Gasteiger partial charge in [0.15, 0.2) is 5.82 Å². The summed E-state index contributed by atoms with van der Waals surface area (Å²) in [5, 5.41) is 0. The van der Waals surface area contributed by atoms with Gasteiger partial charge in [-0.1, -0.05) is 42.5 Å². The van der Waals surface area contributed by atoms with Crippen LogP contribution < -0.4 is 0 Å². The van der Waals surface area contributed by atoms with E-state index in [0.717, 1.165) is 5.56 Å². The molecule has 3 aromatic carbocycles. The van der Waals surface area contributed by atoms with Crippen LogP contribution in [0.5, 0.6) is 0 Å². The Morgan fingerprint density at radius 1 is 0.771 bits per heavy atom. The zero-order valence-electron chi connectivity index (χ0n) is 17.9. The first kappa shape index (κ1) is 22.8. The molecular formula is C26H16F4N4S. The van der Waals surface area contributed by atoms with Gasteiger partial charge in [-0.15, -0.1) is 12.6 Å². The molecule has 0 saturated carbocycles. The van der Waals surface area contributed by atoms with Crippen molar-refractivity contribution in [3.8, 4) is 39.5 Å². The first-order valence-electron chi connectivity index (χ1n) is 10.4. The largest absolute Gasteiger partial charge is 0.451 e. The van der Waals surface area contributed by atoms with Crippen molar-refractivity contribution >= 4 is 12.6 Å². The fraction of sp³-hybridized carbons (Fsp3) is 0.0385. The minimum Gasteiger partial charge on any atom is -0.289 e. The molecule has 0 aliphatic heterocycles. The molecule has 0 aliphatic carbocycles. The van der Waals surface area contributed by atoms with E-state index in [1.807, 2.05) is 30.3 Å². The second-order valence-corrected chi connectivity index (χ2v) is 8.20. The van der Waals surface area contributed by atoms with Gasteiger partial charge < -0.3 is 0 Å². The average Bonchev–Trinajstić information content (AvgIpc) is 3.34. The maximum atomic E-state index is 13.9. The molecule has 0 radical (unpaired) electrons. The Morgan fingerprint density at radius 2 is 1.49 bits per heavy atom. The third kappa shape index (κ3) is 4.67. The standard InChI is InChI=1S/C26H16F4N4S/c27-19-11-9-17(10-12-19)23-22(18-7-4-8-20(35)13-18)24(33-25(32-23)26(28,29)30)34-14-21(31-15-34)16-5-2-1-3-6-16/h1-15,35H. The lowest BCUT2D eigenvalue weighted by molar-refractivity contribution is -0.144. The van der Waals surface area contributed by atoms with Gasteiger partial charge in [-0.3, -0.25) is 4.57 Å². The first-order valence-corrected chi connectivity index (χ1v) is 10.9. The third-order valence-corrected chi connectivity index (χ3v) is 5.57. The third-order valence-electron chi connectivity index (χ3n) is 5.29. The van der Waals surface area contributed by atoms with E-state index in [9.17, 15) is 17.6 Å². The topological polar surface area (TPSA) is 43.6 Å². The molecule has 5 rings (SSSR count). The van der Waals surface area contributed by atoms with E-state index in [2.05, 4.69) is 27.6 Å². The van der Waals surface area contributed by atoms with Gasteiger partial charge in [0.2, 0.25) is 5.82 Å². The smallest absolute Gasteiger partial charge is 0.289 e. The quantitative estimate of drug-likeness (QED) is 0.215. The number of hydrogen-bond donors (Lipinski definition) is 1. The highest BCUT2D eigenvalue weighted by atomic mass is 32.1. The van der Waals surface area contributed by atoms with Gasteiger partial charge >= 0.3 is 6.18 Å². The number of imidazole rings is 1. The fourth-order valence-corrected chi connectivity index (χ4v) is 3.93. The van der Waals surface area contributed by atoms with E-state index in [0.29, 0.717) is 27.3 Å². The minimum absolute atomic E-state index is 0.0104. The van der Waals surface area contributed by atoms with Crippen LogP contribution in [-0.2, 0) is 6.18 Å². The number of halogens is 4. The van der Waals surface area contributed by atoms with E-state index in [4.69, 9.17) is 0 Å². The molecular weight excluding hydrogens is 476 g/mol. The summed E-state index contributed by atoms with van der Waals surface area (Å²) in [6.45, 7) is 0. The van der Waals surface area contributed by atoms with Gasteiger partial charge in [0.05, 0.1) is 17.0 Å². The van der Waals surface area contributed by atoms with Crippen LogP contribution in [0.25, 0.3) is 39.5 Å². The maximum Gasteiger partial charge on any atom is 0.451 e. The van der Waals surface area contributed by atoms with Gasteiger partial charge in [-0.2, -0.15) is 13.2 Å². The highest BCUT2D eigenvalue weighted by Gasteiger charge is 2.37. The summed E-state index contributed by atoms with van der Waals surface area (Å²) in [7, 11) is 0. The van der Waals surface area contributed by atoms with Crippen molar-refractivity contribution in [2.24, 2.45) is 0 Å². The van der Waals surface area contributed by atoms with E-state index in [1.54, 1.807) is 30.5 Å². The summed E-state index contributed by atoms with van der Waals surface area (Å²) in [5.74, 6) is -1.84. The summed E-state index contributed by atoms with van der Waals surface area (Å²) in [6, 6.07) is 21.3. The molecule has 0 amide bonds. The predicted molar refractivity (Wildman–Crippen MR) is 128 cm³/mol. The number of benzene rings is 3. The second-order valence-electron chi connectivity index (χ2n) is 7.68. The van der Waals surface area contributed by atoms with Crippen molar-refractivity contribution in [3.05, 3.63) is 103 Å². The molecule has 9 heteroatoms. The monoisotopic (exact) mass is 492 g/mol. The number of hydrogen-bond acceptors (Lipinski definition) is 4. The molecule has 0 bridgehead atoms. The SMILES string of the molecule is Fc1ccc(-c2nc(C(F)(F)F)nc(-n3cnc(-c4ccccc4)c3)c2-c2cccc(S)c2)cc1. The fourth-order valence-electron chi connectivity index (χ4n) is 3.70. The van der Waals surface area contributed by atoms with Crippen molar-refractivity contribution in [3.63, 3.8) is 0 Å². The number of nitrogens with zero attached hydrogens (tertiary/aromatic N) is 4. The van der Waals surface area contributed by atoms with E-state index in [-0.39, 0.29) is 11.5 Å². The van der Waals surface area contributed by atoms with Crippen molar-refractivity contribution in [2.75, 3.05) is 0 Å². The summed E-state index contributed by atoms with van der Waals surface area (Å²) in [5.41, 5.74) is 2.57. The maximum absolute atomic E-state index is 13.9. The van der Waals surface area contributed by atoms with Crippen LogP contribution in [0.15, 0.2) is 96.3 Å². The first-order chi connectivity index (χ1) is 16.8. The van der Waals surface area contributed by atoms with Crippen molar-refractivity contribution < 1.29 is 17.6 Å². The average molecular weight is 493 g/mol. The summed E-state index contributed by atoms with van der Waals surface area (Å²) in [6.07, 6.45) is -1.79. The molecule has 2 heterocycles. The molecule has 0 saturated heterocycles. The van der Waals surface area contributed by atoms with Crippen LogP contribution in [0.3, 0.4) is 0 Å². The zero-order valence-corrected chi connectivity index (χ0v) is 18.8. The van der Waals surface area contributed by atoms with E-state index < -0.39 is 17.8 Å². The Kier molecular flexibility index (Phi) is 5.86. The Labute approximate surface area is 203 Å². The normalized spacial score (nSPS) is 11.6. The molecule has 2 aromatic heterocycles. The van der Waals surface area contributed by atoms with Crippen LogP contribution in [0.1, 0.15) is 5.82 Å².